The fourth-order valence-electron chi connectivity index (χ4n) is 3.65. The quantitative estimate of drug-likeness (QED) is 0.768. The highest BCUT2D eigenvalue weighted by molar-refractivity contribution is 5.94. The van der Waals surface area contributed by atoms with Crippen molar-refractivity contribution in [2.45, 2.75) is 25.4 Å². The van der Waals surface area contributed by atoms with Crippen LogP contribution in [0.5, 0.6) is 0 Å². The molecule has 0 saturated carbocycles. The first kappa shape index (κ1) is 17.3. The zero-order chi connectivity index (χ0) is 18.8. The summed E-state index contributed by atoms with van der Waals surface area (Å²) in [7, 11) is 4.06. The van der Waals surface area contributed by atoms with Gasteiger partial charge in [0.2, 0.25) is 0 Å². The number of amides is 1. The van der Waals surface area contributed by atoms with Crippen molar-refractivity contribution < 1.29 is 4.79 Å². The lowest BCUT2D eigenvalue weighted by atomic mass is 9.98. The normalized spacial score (nSPS) is 15.9. The van der Waals surface area contributed by atoms with Crippen LogP contribution in [0.3, 0.4) is 0 Å². The monoisotopic (exact) mass is 360 g/mol. The first-order valence-electron chi connectivity index (χ1n) is 9.32. The third kappa shape index (κ3) is 3.45. The van der Waals surface area contributed by atoms with E-state index in [2.05, 4.69) is 44.0 Å². The molecule has 3 aromatic rings. The van der Waals surface area contributed by atoms with E-state index in [1.165, 1.54) is 0 Å². The van der Waals surface area contributed by atoms with Gasteiger partial charge >= 0.3 is 0 Å². The summed E-state index contributed by atoms with van der Waals surface area (Å²) in [5, 5.41) is 3.21. The Bertz CT molecular complexity index is 929. The highest BCUT2D eigenvalue weighted by Gasteiger charge is 2.27. The summed E-state index contributed by atoms with van der Waals surface area (Å²) in [6.07, 6.45) is 3.85. The van der Waals surface area contributed by atoms with E-state index in [-0.39, 0.29) is 11.9 Å². The van der Waals surface area contributed by atoms with Crippen LogP contribution >= 0.6 is 0 Å². The van der Waals surface area contributed by atoms with Gasteiger partial charge in [0.1, 0.15) is 0 Å². The Labute approximate surface area is 159 Å². The molecule has 5 nitrogen and oxygen atoms in total. The van der Waals surface area contributed by atoms with Gasteiger partial charge in [-0.2, -0.15) is 0 Å². The van der Waals surface area contributed by atoms with E-state index in [9.17, 15) is 4.79 Å². The van der Waals surface area contributed by atoms with Crippen LogP contribution < -0.4 is 10.2 Å². The summed E-state index contributed by atoms with van der Waals surface area (Å²) >= 11 is 0. The first-order valence-corrected chi connectivity index (χ1v) is 9.32. The van der Waals surface area contributed by atoms with Crippen LogP contribution in [0.1, 0.15) is 34.9 Å². The summed E-state index contributed by atoms with van der Waals surface area (Å²) < 4.78 is 2.18. The maximum absolute atomic E-state index is 12.7. The number of imidazole rings is 1. The smallest absolute Gasteiger partial charge is 0.251 e. The molecular formula is C22H24N4O. The summed E-state index contributed by atoms with van der Waals surface area (Å²) in [6.45, 7) is 0.940. The Morgan fingerprint density at radius 3 is 2.56 bits per heavy atom. The van der Waals surface area contributed by atoms with Gasteiger partial charge in [0.15, 0.2) is 0 Å². The number of anilines is 1. The molecule has 2 aromatic carbocycles. The number of hydrogen-bond acceptors (Lipinski definition) is 3. The second kappa shape index (κ2) is 7.27. The summed E-state index contributed by atoms with van der Waals surface area (Å²) in [5.41, 5.74) is 4.98. The van der Waals surface area contributed by atoms with Gasteiger partial charge in [-0.05, 0) is 37.1 Å². The minimum absolute atomic E-state index is 0.0301. The van der Waals surface area contributed by atoms with Gasteiger partial charge in [-0.1, -0.05) is 30.3 Å². The lowest BCUT2D eigenvalue weighted by Gasteiger charge is -2.26. The molecule has 0 spiro atoms. The molecule has 1 atom stereocenters. The molecule has 138 valence electrons. The molecular weight excluding hydrogens is 336 g/mol. The van der Waals surface area contributed by atoms with E-state index in [0.29, 0.717) is 5.56 Å². The van der Waals surface area contributed by atoms with Gasteiger partial charge in [-0.3, -0.25) is 4.79 Å². The van der Waals surface area contributed by atoms with Crippen molar-refractivity contribution in [3.8, 4) is 11.3 Å². The fourth-order valence-corrected chi connectivity index (χ4v) is 3.65. The molecule has 4 rings (SSSR count). The number of nitrogens with one attached hydrogen (secondary N) is 1. The van der Waals surface area contributed by atoms with Gasteiger partial charge in [-0.25, -0.2) is 4.98 Å². The molecule has 1 aliphatic heterocycles. The number of hydrogen-bond donors (Lipinski definition) is 1. The van der Waals surface area contributed by atoms with Crippen molar-refractivity contribution in [2.75, 3.05) is 19.0 Å². The summed E-state index contributed by atoms with van der Waals surface area (Å²) in [5.74, 6) is -0.0378. The van der Waals surface area contributed by atoms with Crippen LogP contribution in [0.15, 0.2) is 60.9 Å². The molecule has 0 bridgehead atoms. The Hall–Kier alpha value is -3.08. The van der Waals surface area contributed by atoms with Crippen LogP contribution in [0.2, 0.25) is 0 Å². The standard InChI is InChI=1S/C22H24N4O/c1-25(2)18-12-10-16(11-13-18)20-21-19(9-6-14-26(21)15-23-20)24-22(27)17-7-4-3-5-8-17/h3-5,7-8,10-13,15,19H,6,9,14H2,1-2H3,(H,24,27). The zero-order valence-corrected chi connectivity index (χ0v) is 15.7. The Morgan fingerprint density at radius 1 is 1.11 bits per heavy atom. The molecule has 1 N–H and O–H groups in total. The van der Waals surface area contributed by atoms with Gasteiger partial charge in [0.05, 0.1) is 23.8 Å². The van der Waals surface area contributed by atoms with Crippen molar-refractivity contribution in [1.29, 1.82) is 0 Å². The third-order valence-corrected chi connectivity index (χ3v) is 5.10. The Kier molecular flexibility index (Phi) is 4.67. The predicted molar refractivity (Wildman–Crippen MR) is 108 cm³/mol. The average molecular weight is 360 g/mol. The van der Waals surface area contributed by atoms with Gasteiger partial charge in [0, 0.05) is 37.5 Å². The number of aromatic nitrogens is 2. The minimum atomic E-state index is -0.0378. The molecule has 0 aliphatic carbocycles. The number of rotatable bonds is 4. The summed E-state index contributed by atoms with van der Waals surface area (Å²) in [4.78, 5) is 19.4. The maximum Gasteiger partial charge on any atom is 0.251 e. The SMILES string of the molecule is CN(C)c1ccc(-c2ncn3c2C(NC(=O)c2ccccc2)CCC3)cc1. The highest BCUT2D eigenvalue weighted by atomic mass is 16.1. The molecule has 1 amide bonds. The topological polar surface area (TPSA) is 50.2 Å². The van der Waals surface area contributed by atoms with Crippen molar-refractivity contribution >= 4 is 11.6 Å². The zero-order valence-electron chi connectivity index (χ0n) is 15.7. The van der Waals surface area contributed by atoms with Crippen molar-refractivity contribution in [1.82, 2.24) is 14.9 Å². The van der Waals surface area contributed by atoms with Gasteiger partial charge in [0.25, 0.3) is 5.91 Å². The maximum atomic E-state index is 12.7. The van der Waals surface area contributed by atoms with Crippen molar-refractivity contribution in [2.24, 2.45) is 0 Å². The largest absolute Gasteiger partial charge is 0.378 e. The molecule has 1 aromatic heterocycles. The average Bonchev–Trinajstić information content (AvgIpc) is 3.14. The molecule has 2 heterocycles. The van der Waals surface area contributed by atoms with E-state index in [1.54, 1.807) is 0 Å². The molecule has 1 aliphatic rings. The van der Waals surface area contributed by atoms with Crippen LogP contribution in [0.4, 0.5) is 5.69 Å². The van der Waals surface area contributed by atoms with Crippen LogP contribution in [-0.2, 0) is 6.54 Å². The third-order valence-electron chi connectivity index (χ3n) is 5.10. The number of carbonyl (C=O) groups excluding carboxylic acids is 1. The minimum Gasteiger partial charge on any atom is -0.378 e. The van der Waals surface area contributed by atoms with E-state index in [1.807, 2.05) is 50.8 Å². The number of benzene rings is 2. The van der Waals surface area contributed by atoms with Crippen LogP contribution in [-0.4, -0.2) is 29.6 Å². The molecule has 27 heavy (non-hydrogen) atoms. The fraction of sp³-hybridized carbons (Fsp3) is 0.273. The lowest BCUT2D eigenvalue weighted by Crippen LogP contribution is -2.32. The molecule has 5 heteroatoms. The predicted octanol–water partition coefficient (Wildman–Crippen LogP) is 3.88. The van der Waals surface area contributed by atoms with Crippen molar-refractivity contribution in [3.05, 3.63) is 72.2 Å². The van der Waals surface area contributed by atoms with E-state index >= 15 is 0 Å². The van der Waals surface area contributed by atoms with Crippen molar-refractivity contribution in [3.63, 3.8) is 0 Å². The van der Waals surface area contributed by atoms with Gasteiger partial charge < -0.3 is 14.8 Å². The van der Waals surface area contributed by atoms with E-state index in [4.69, 9.17) is 0 Å². The Morgan fingerprint density at radius 2 is 1.85 bits per heavy atom. The molecule has 0 radical (unpaired) electrons. The summed E-state index contributed by atoms with van der Waals surface area (Å²) in [6, 6.07) is 17.7. The van der Waals surface area contributed by atoms with Crippen LogP contribution in [0.25, 0.3) is 11.3 Å². The van der Waals surface area contributed by atoms with E-state index < -0.39 is 0 Å². The van der Waals surface area contributed by atoms with Gasteiger partial charge in [-0.15, -0.1) is 0 Å². The first-order chi connectivity index (χ1) is 13.1. The number of nitrogens with zero attached hydrogens (tertiary/aromatic N) is 3. The number of fused-ring (bicyclic) bond motifs is 1. The lowest BCUT2D eigenvalue weighted by molar-refractivity contribution is 0.0929. The highest BCUT2D eigenvalue weighted by Crippen LogP contribution is 2.34. The van der Waals surface area contributed by atoms with Crippen LogP contribution in [0, 0.1) is 0 Å². The molecule has 0 saturated heterocycles. The number of aryl methyl sites for hydroxylation is 1. The second-order valence-corrected chi connectivity index (χ2v) is 7.15. The number of carbonyl (C=O) groups is 1. The van der Waals surface area contributed by atoms with E-state index in [0.717, 1.165) is 42.0 Å². The molecule has 1 unspecified atom stereocenters. The Balaban J connectivity index is 1.64. The second-order valence-electron chi connectivity index (χ2n) is 7.15. The molecule has 0 fully saturated rings.